The maximum Gasteiger partial charge on any atom is 0.336 e. The van der Waals surface area contributed by atoms with Gasteiger partial charge in [-0.1, -0.05) is 48.2 Å². The fraction of sp³-hybridized carbons (Fsp3) is 0.148. The number of hydrogen-bond donors (Lipinski definition) is 0. The van der Waals surface area contributed by atoms with Gasteiger partial charge in [-0.3, -0.25) is 9.36 Å². The molecule has 0 aliphatic heterocycles. The molecule has 7 heteroatoms. The van der Waals surface area contributed by atoms with E-state index >= 15 is 0 Å². The molecule has 2 aromatic heterocycles. The number of aryl methyl sites for hydroxylation is 1. The minimum atomic E-state index is -0.393. The quantitative estimate of drug-likeness (QED) is 0.194. The highest BCUT2D eigenvalue weighted by Gasteiger charge is 2.14. The van der Waals surface area contributed by atoms with Crippen LogP contribution < -0.4 is 15.9 Å². The first-order valence-corrected chi connectivity index (χ1v) is 11.8. The predicted octanol–water partition coefficient (Wildman–Crippen LogP) is 5.16. The Morgan fingerprint density at radius 3 is 2.56 bits per heavy atom. The molecule has 6 nitrogen and oxygen atoms in total. The number of nitrogens with zero attached hydrogens (tertiary/aromatic N) is 2. The minimum Gasteiger partial charge on any atom is -0.497 e. The number of benzene rings is 3. The number of fused-ring (bicyclic) bond motifs is 2. The summed E-state index contributed by atoms with van der Waals surface area (Å²) in [6, 6.07) is 22.3. The molecule has 170 valence electrons. The smallest absolute Gasteiger partial charge is 0.336 e. The summed E-state index contributed by atoms with van der Waals surface area (Å²) in [6.45, 7) is 2.33. The maximum atomic E-state index is 13.4. The third-order valence-corrected chi connectivity index (χ3v) is 6.69. The molecule has 0 fully saturated rings. The van der Waals surface area contributed by atoms with Crippen LogP contribution in [0.15, 0.2) is 92.0 Å². The van der Waals surface area contributed by atoms with Crippen molar-refractivity contribution in [2.45, 2.75) is 24.4 Å². The van der Waals surface area contributed by atoms with Crippen molar-refractivity contribution >= 4 is 33.6 Å². The lowest BCUT2D eigenvalue weighted by Crippen LogP contribution is -2.24. The first-order valence-electron chi connectivity index (χ1n) is 10.8. The van der Waals surface area contributed by atoms with Crippen LogP contribution in [-0.2, 0) is 12.3 Å². The van der Waals surface area contributed by atoms with Crippen LogP contribution in [0.4, 0.5) is 0 Å². The summed E-state index contributed by atoms with van der Waals surface area (Å²) in [7, 11) is 1.62. The highest BCUT2D eigenvalue weighted by molar-refractivity contribution is 7.98. The van der Waals surface area contributed by atoms with Gasteiger partial charge < -0.3 is 9.15 Å². The summed E-state index contributed by atoms with van der Waals surface area (Å²) < 4.78 is 12.3. The fourth-order valence-corrected chi connectivity index (χ4v) is 4.90. The highest BCUT2D eigenvalue weighted by atomic mass is 32.2. The van der Waals surface area contributed by atoms with Crippen LogP contribution in [0.2, 0.25) is 0 Å². The van der Waals surface area contributed by atoms with Crippen LogP contribution in [0.3, 0.4) is 0 Å². The first-order chi connectivity index (χ1) is 16.5. The van der Waals surface area contributed by atoms with Gasteiger partial charge in [-0.2, -0.15) is 0 Å². The summed E-state index contributed by atoms with van der Waals surface area (Å²) in [5, 5.41) is 2.04. The lowest BCUT2D eigenvalue weighted by molar-refractivity contribution is 0.414. The van der Waals surface area contributed by atoms with Gasteiger partial charge in [-0.25, -0.2) is 9.78 Å². The lowest BCUT2D eigenvalue weighted by Gasteiger charge is -2.14. The van der Waals surface area contributed by atoms with Gasteiger partial charge >= 0.3 is 5.63 Å². The number of hydrogen-bond acceptors (Lipinski definition) is 6. The van der Waals surface area contributed by atoms with E-state index in [9.17, 15) is 9.59 Å². The second kappa shape index (κ2) is 9.19. The van der Waals surface area contributed by atoms with E-state index in [-0.39, 0.29) is 5.56 Å². The van der Waals surface area contributed by atoms with Gasteiger partial charge in [0.1, 0.15) is 11.3 Å². The van der Waals surface area contributed by atoms with Crippen molar-refractivity contribution in [3.05, 3.63) is 110 Å². The average molecular weight is 471 g/mol. The second-order valence-corrected chi connectivity index (χ2v) is 8.97. The van der Waals surface area contributed by atoms with Crippen molar-refractivity contribution in [3.63, 3.8) is 0 Å². The standard InChI is InChI=1S/C27H22N2O4S/c1-17-7-12-21-19(14-25(30)33-24(21)13-17)16-34-27-28-23-6-4-3-5-22(23)26(31)29(27)15-18-8-10-20(32-2)11-9-18/h3-14H,15-16H2,1-2H3. The van der Waals surface area contributed by atoms with E-state index < -0.39 is 5.63 Å². The van der Waals surface area contributed by atoms with E-state index in [0.717, 1.165) is 27.8 Å². The SMILES string of the molecule is COc1ccc(Cn2c(SCc3cc(=O)oc4cc(C)ccc34)nc3ccccc3c2=O)cc1. The average Bonchev–Trinajstić information content (AvgIpc) is 2.84. The monoisotopic (exact) mass is 470 g/mol. The van der Waals surface area contributed by atoms with E-state index in [1.807, 2.05) is 67.6 Å². The molecule has 5 rings (SSSR count). The number of ether oxygens (including phenoxy) is 1. The zero-order chi connectivity index (χ0) is 23.7. The van der Waals surface area contributed by atoms with Gasteiger partial charge in [0.25, 0.3) is 5.56 Å². The fourth-order valence-electron chi connectivity index (χ4n) is 3.91. The van der Waals surface area contributed by atoms with Crippen LogP contribution in [0.1, 0.15) is 16.7 Å². The Morgan fingerprint density at radius 2 is 1.76 bits per heavy atom. The van der Waals surface area contributed by atoms with Gasteiger partial charge in [-0.15, -0.1) is 0 Å². The summed E-state index contributed by atoms with van der Waals surface area (Å²) >= 11 is 1.43. The first kappa shape index (κ1) is 22.0. The molecule has 5 aromatic rings. The second-order valence-electron chi connectivity index (χ2n) is 8.03. The van der Waals surface area contributed by atoms with Crippen molar-refractivity contribution < 1.29 is 9.15 Å². The molecule has 0 unspecified atom stereocenters. The van der Waals surface area contributed by atoms with Crippen LogP contribution in [0.25, 0.3) is 21.9 Å². The molecular formula is C27H22N2O4S. The van der Waals surface area contributed by atoms with Gasteiger partial charge in [0.05, 0.1) is 24.6 Å². The molecule has 0 saturated carbocycles. The zero-order valence-electron chi connectivity index (χ0n) is 18.8. The van der Waals surface area contributed by atoms with Crippen molar-refractivity contribution in [3.8, 4) is 5.75 Å². The van der Waals surface area contributed by atoms with E-state index in [1.54, 1.807) is 17.7 Å². The van der Waals surface area contributed by atoms with Crippen molar-refractivity contribution in [1.29, 1.82) is 0 Å². The van der Waals surface area contributed by atoms with Crippen LogP contribution in [0, 0.1) is 6.92 Å². The number of aromatic nitrogens is 2. The molecule has 0 radical (unpaired) electrons. The van der Waals surface area contributed by atoms with Crippen LogP contribution in [-0.4, -0.2) is 16.7 Å². The summed E-state index contributed by atoms with van der Waals surface area (Å²) in [4.78, 5) is 30.4. The molecule has 0 saturated heterocycles. The summed E-state index contributed by atoms with van der Waals surface area (Å²) in [5.41, 5.74) is 3.54. The van der Waals surface area contributed by atoms with E-state index in [2.05, 4.69) is 0 Å². The molecule has 0 atom stereocenters. The third kappa shape index (κ3) is 4.34. The van der Waals surface area contributed by atoms with Crippen molar-refractivity contribution in [2.24, 2.45) is 0 Å². The Kier molecular flexibility index (Phi) is 5.94. The third-order valence-electron chi connectivity index (χ3n) is 5.67. The summed E-state index contributed by atoms with van der Waals surface area (Å²) in [5.74, 6) is 1.23. The Labute approximate surface area is 199 Å². The molecule has 3 aromatic carbocycles. The van der Waals surface area contributed by atoms with Gasteiger partial charge in [0.15, 0.2) is 5.16 Å². The Bertz CT molecular complexity index is 1620. The van der Waals surface area contributed by atoms with Crippen LogP contribution >= 0.6 is 11.8 Å². The zero-order valence-corrected chi connectivity index (χ0v) is 19.6. The molecule has 0 spiro atoms. The van der Waals surface area contributed by atoms with E-state index in [1.165, 1.54) is 17.8 Å². The molecule has 0 N–H and O–H groups in total. The molecule has 0 bridgehead atoms. The van der Waals surface area contributed by atoms with Crippen LogP contribution in [0.5, 0.6) is 5.75 Å². The summed E-state index contributed by atoms with van der Waals surface area (Å²) in [6.07, 6.45) is 0. The van der Waals surface area contributed by atoms with E-state index in [0.29, 0.717) is 33.9 Å². The topological polar surface area (TPSA) is 74.3 Å². The number of methoxy groups -OCH3 is 1. The number of rotatable bonds is 6. The maximum absolute atomic E-state index is 13.4. The molecular weight excluding hydrogens is 448 g/mol. The van der Waals surface area contributed by atoms with Crippen molar-refractivity contribution in [2.75, 3.05) is 7.11 Å². The van der Waals surface area contributed by atoms with Gasteiger partial charge in [0, 0.05) is 17.2 Å². The Hall–Kier alpha value is -3.84. The minimum absolute atomic E-state index is 0.100. The molecule has 2 heterocycles. The molecule has 0 amide bonds. The highest BCUT2D eigenvalue weighted by Crippen LogP contribution is 2.27. The Morgan fingerprint density at radius 1 is 0.971 bits per heavy atom. The lowest BCUT2D eigenvalue weighted by atomic mass is 10.1. The van der Waals surface area contributed by atoms with Gasteiger partial charge in [0.2, 0.25) is 0 Å². The number of thioether (sulfide) groups is 1. The molecule has 34 heavy (non-hydrogen) atoms. The molecule has 0 aliphatic rings. The predicted molar refractivity (Wildman–Crippen MR) is 135 cm³/mol. The van der Waals surface area contributed by atoms with Gasteiger partial charge in [-0.05, 0) is 53.9 Å². The normalized spacial score (nSPS) is 11.2. The van der Waals surface area contributed by atoms with E-state index in [4.69, 9.17) is 14.1 Å². The van der Waals surface area contributed by atoms with Crippen molar-refractivity contribution in [1.82, 2.24) is 9.55 Å². The largest absolute Gasteiger partial charge is 0.497 e. The molecule has 0 aliphatic carbocycles. The Balaban J connectivity index is 1.56. The number of para-hydroxylation sites is 1.